The average Bonchev–Trinajstić information content (AvgIpc) is 2.73. The Morgan fingerprint density at radius 3 is 2.08 bits per heavy atom. The minimum absolute atomic E-state index is 0.823. The third-order valence-electron chi connectivity index (χ3n) is 3.89. The summed E-state index contributed by atoms with van der Waals surface area (Å²) in [5.41, 5.74) is 0.823. The molecule has 0 bridgehead atoms. The first-order chi connectivity index (χ1) is 5.87. The second-order valence-corrected chi connectivity index (χ2v) is 5.33. The summed E-state index contributed by atoms with van der Waals surface area (Å²) in [7, 11) is 0. The molecule has 0 heterocycles. The molecule has 12 heavy (non-hydrogen) atoms. The van der Waals surface area contributed by atoms with Gasteiger partial charge in [0.25, 0.3) is 0 Å². The normalized spacial score (nSPS) is 34.2. The summed E-state index contributed by atoms with van der Waals surface area (Å²) in [5.74, 6) is 1.04. The minimum Gasteiger partial charge on any atom is -0.0925 e. The molecule has 1 atom stereocenters. The summed E-state index contributed by atoms with van der Waals surface area (Å²) in [4.78, 5) is 0. The van der Waals surface area contributed by atoms with Gasteiger partial charge in [-0.3, -0.25) is 0 Å². The highest BCUT2D eigenvalue weighted by atomic mass is 79.9. The predicted octanol–water partition coefficient (Wildman–Crippen LogP) is 4.13. The quantitative estimate of drug-likeness (QED) is 0.595. The van der Waals surface area contributed by atoms with E-state index >= 15 is 0 Å². The zero-order valence-electron chi connectivity index (χ0n) is 7.82. The Morgan fingerprint density at radius 2 is 1.58 bits per heavy atom. The Bertz CT molecular complexity index is 145. The van der Waals surface area contributed by atoms with Gasteiger partial charge in [0.1, 0.15) is 0 Å². The van der Waals surface area contributed by atoms with E-state index < -0.39 is 0 Å². The summed E-state index contributed by atoms with van der Waals surface area (Å²) in [6, 6.07) is 0. The summed E-state index contributed by atoms with van der Waals surface area (Å²) in [6.07, 6.45) is 12.1. The number of alkyl halides is 1. The van der Waals surface area contributed by atoms with Crippen LogP contribution in [-0.4, -0.2) is 5.33 Å². The molecular weight excluding hydrogens is 212 g/mol. The molecule has 0 aromatic carbocycles. The van der Waals surface area contributed by atoms with Crippen LogP contribution >= 0.6 is 15.9 Å². The van der Waals surface area contributed by atoms with Gasteiger partial charge in [0.2, 0.25) is 0 Å². The molecule has 2 aliphatic rings. The van der Waals surface area contributed by atoms with Crippen molar-refractivity contribution in [3.8, 4) is 0 Å². The summed E-state index contributed by atoms with van der Waals surface area (Å²) in [6.45, 7) is 0. The van der Waals surface area contributed by atoms with E-state index in [4.69, 9.17) is 0 Å². The van der Waals surface area contributed by atoms with Crippen LogP contribution in [0.25, 0.3) is 0 Å². The molecule has 1 unspecified atom stereocenters. The molecule has 0 aliphatic heterocycles. The molecule has 0 nitrogen and oxygen atoms in total. The van der Waals surface area contributed by atoms with Crippen molar-refractivity contribution in [3.05, 3.63) is 0 Å². The van der Waals surface area contributed by atoms with E-state index in [9.17, 15) is 0 Å². The second kappa shape index (κ2) is 3.69. The van der Waals surface area contributed by atoms with Crippen LogP contribution < -0.4 is 0 Å². The standard InChI is InChI=1S/C11H19Br/c12-9-10-8-11(10)6-4-2-1-3-5-7-11/h10H,1-9H2. The summed E-state index contributed by atoms with van der Waals surface area (Å²) in [5, 5.41) is 1.26. The zero-order chi connectivity index (χ0) is 8.44. The first kappa shape index (κ1) is 9.05. The number of rotatable bonds is 1. The van der Waals surface area contributed by atoms with E-state index in [1.54, 1.807) is 0 Å². The van der Waals surface area contributed by atoms with Crippen LogP contribution in [0.3, 0.4) is 0 Å². The van der Waals surface area contributed by atoms with Crippen LogP contribution in [0.1, 0.15) is 51.4 Å². The number of hydrogen-bond acceptors (Lipinski definition) is 0. The topological polar surface area (TPSA) is 0 Å². The van der Waals surface area contributed by atoms with Crippen LogP contribution in [0.4, 0.5) is 0 Å². The van der Waals surface area contributed by atoms with Crippen LogP contribution in [0.15, 0.2) is 0 Å². The van der Waals surface area contributed by atoms with Crippen LogP contribution in [0.2, 0.25) is 0 Å². The van der Waals surface area contributed by atoms with E-state index in [1.807, 2.05) is 0 Å². The molecule has 1 spiro atoms. The van der Waals surface area contributed by atoms with Crippen molar-refractivity contribution in [1.82, 2.24) is 0 Å². The molecule has 0 N–H and O–H groups in total. The molecule has 2 saturated carbocycles. The highest BCUT2D eigenvalue weighted by Crippen LogP contribution is 2.60. The summed E-state index contributed by atoms with van der Waals surface area (Å²) >= 11 is 3.63. The highest BCUT2D eigenvalue weighted by Gasteiger charge is 2.51. The van der Waals surface area contributed by atoms with Gasteiger partial charge in [-0.2, -0.15) is 0 Å². The Hall–Kier alpha value is 0.480. The zero-order valence-corrected chi connectivity index (χ0v) is 9.41. The average molecular weight is 231 g/mol. The lowest BCUT2D eigenvalue weighted by Gasteiger charge is -2.19. The van der Waals surface area contributed by atoms with Gasteiger partial charge in [0.15, 0.2) is 0 Å². The number of halogens is 1. The summed E-state index contributed by atoms with van der Waals surface area (Å²) < 4.78 is 0. The monoisotopic (exact) mass is 230 g/mol. The first-order valence-corrected chi connectivity index (χ1v) is 6.55. The Kier molecular flexibility index (Phi) is 2.78. The lowest BCUT2D eigenvalue weighted by molar-refractivity contribution is 0.337. The Morgan fingerprint density at radius 1 is 1.00 bits per heavy atom. The maximum atomic E-state index is 3.63. The van der Waals surface area contributed by atoms with Crippen molar-refractivity contribution in [3.63, 3.8) is 0 Å². The molecule has 0 radical (unpaired) electrons. The van der Waals surface area contributed by atoms with Gasteiger partial charge < -0.3 is 0 Å². The number of hydrogen-bond donors (Lipinski definition) is 0. The predicted molar refractivity (Wildman–Crippen MR) is 56.7 cm³/mol. The van der Waals surface area contributed by atoms with Crippen molar-refractivity contribution >= 4 is 15.9 Å². The fourth-order valence-electron chi connectivity index (χ4n) is 2.87. The van der Waals surface area contributed by atoms with Gasteiger partial charge in [0, 0.05) is 5.33 Å². The van der Waals surface area contributed by atoms with Gasteiger partial charge >= 0.3 is 0 Å². The van der Waals surface area contributed by atoms with E-state index in [1.165, 1.54) is 56.7 Å². The van der Waals surface area contributed by atoms with Crippen molar-refractivity contribution in [2.75, 3.05) is 5.33 Å². The third kappa shape index (κ3) is 1.71. The van der Waals surface area contributed by atoms with Crippen molar-refractivity contribution < 1.29 is 0 Å². The van der Waals surface area contributed by atoms with Crippen molar-refractivity contribution in [2.45, 2.75) is 51.4 Å². The van der Waals surface area contributed by atoms with Gasteiger partial charge in [0.05, 0.1) is 0 Å². The fraction of sp³-hybridized carbons (Fsp3) is 1.00. The molecule has 2 rings (SSSR count). The molecule has 1 heteroatoms. The van der Waals surface area contributed by atoms with E-state index in [0.29, 0.717) is 0 Å². The molecule has 70 valence electrons. The SMILES string of the molecule is BrCC1CC12CCCCCCC2. The Labute approximate surface area is 84.2 Å². The molecule has 0 saturated heterocycles. The van der Waals surface area contributed by atoms with Gasteiger partial charge in [-0.05, 0) is 30.6 Å². The molecule has 2 aliphatic carbocycles. The van der Waals surface area contributed by atoms with Gasteiger partial charge in [-0.1, -0.05) is 48.0 Å². The maximum Gasteiger partial charge on any atom is 0.00651 e. The minimum atomic E-state index is 0.823. The van der Waals surface area contributed by atoms with Gasteiger partial charge in [-0.15, -0.1) is 0 Å². The lowest BCUT2D eigenvalue weighted by atomic mass is 9.87. The smallest absolute Gasteiger partial charge is 0.00651 e. The van der Waals surface area contributed by atoms with E-state index in [0.717, 1.165) is 11.3 Å². The van der Waals surface area contributed by atoms with Crippen molar-refractivity contribution in [1.29, 1.82) is 0 Å². The van der Waals surface area contributed by atoms with Crippen LogP contribution in [0.5, 0.6) is 0 Å². The molecule has 0 aromatic heterocycles. The lowest BCUT2D eigenvalue weighted by Crippen LogP contribution is -2.07. The van der Waals surface area contributed by atoms with Gasteiger partial charge in [-0.25, -0.2) is 0 Å². The van der Waals surface area contributed by atoms with Crippen LogP contribution in [0, 0.1) is 11.3 Å². The second-order valence-electron chi connectivity index (χ2n) is 4.69. The van der Waals surface area contributed by atoms with Crippen LogP contribution in [-0.2, 0) is 0 Å². The van der Waals surface area contributed by atoms with Crippen molar-refractivity contribution in [2.24, 2.45) is 11.3 Å². The highest BCUT2D eigenvalue weighted by molar-refractivity contribution is 9.09. The first-order valence-electron chi connectivity index (χ1n) is 5.43. The maximum absolute atomic E-state index is 3.63. The molecule has 2 fully saturated rings. The molecular formula is C11H19Br. The largest absolute Gasteiger partial charge is 0.0925 e. The molecule has 0 aromatic rings. The van der Waals surface area contributed by atoms with E-state index in [2.05, 4.69) is 15.9 Å². The Balaban J connectivity index is 1.87. The molecule has 0 amide bonds. The fourth-order valence-corrected chi connectivity index (χ4v) is 3.79. The third-order valence-corrected chi connectivity index (χ3v) is 4.68. The van der Waals surface area contributed by atoms with E-state index in [-0.39, 0.29) is 0 Å².